The second-order valence-corrected chi connectivity index (χ2v) is 5.53. The molecule has 2 aromatic rings. The Bertz CT molecular complexity index is 575. The molecule has 2 atom stereocenters. The van der Waals surface area contributed by atoms with Gasteiger partial charge >= 0.3 is 0 Å². The van der Waals surface area contributed by atoms with Gasteiger partial charge in [0.25, 0.3) is 0 Å². The van der Waals surface area contributed by atoms with Crippen LogP contribution in [0.1, 0.15) is 36.1 Å². The number of fused-ring (bicyclic) bond motifs is 1. The van der Waals surface area contributed by atoms with Gasteiger partial charge in [0.15, 0.2) is 0 Å². The van der Waals surface area contributed by atoms with Gasteiger partial charge in [0.2, 0.25) is 0 Å². The minimum absolute atomic E-state index is 0.0943. The van der Waals surface area contributed by atoms with Gasteiger partial charge in [-0.1, -0.05) is 31.2 Å². The third kappa shape index (κ3) is 2.62. The molecule has 3 N–H and O–H groups in total. The van der Waals surface area contributed by atoms with Crippen molar-refractivity contribution >= 4 is 0 Å². The van der Waals surface area contributed by atoms with Crippen molar-refractivity contribution < 1.29 is 0 Å². The van der Waals surface area contributed by atoms with Crippen molar-refractivity contribution in [3.05, 3.63) is 53.3 Å². The number of aryl methyl sites for hydroxylation is 1. The zero-order valence-electron chi connectivity index (χ0n) is 11.9. The van der Waals surface area contributed by atoms with Crippen LogP contribution >= 0.6 is 0 Å². The molecule has 20 heavy (non-hydrogen) atoms. The van der Waals surface area contributed by atoms with Crippen LogP contribution in [0.2, 0.25) is 0 Å². The molecule has 1 aromatic carbocycles. The van der Waals surface area contributed by atoms with Crippen LogP contribution in [0.25, 0.3) is 0 Å². The summed E-state index contributed by atoms with van der Waals surface area (Å²) in [6.07, 6.45) is 6.18. The Morgan fingerprint density at radius 3 is 3.05 bits per heavy atom. The van der Waals surface area contributed by atoms with Crippen molar-refractivity contribution in [2.24, 2.45) is 5.73 Å². The smallest absolute Gasteiger partial charge is 0.0534 e. The fourth-order valence-electron chi connectivity index (χ4n) is 2.92. The minimum atomic E-state index is 0.0943. The maximum Gasteiger partial charge on any atom is 0.0534 e. The highest BCUT2D eigenvalue weighted by molar-refractivity contribution is 5.36. The van der Waals surface area contributed by atoms with Crippen molar-refractivity contribution in [2.75, 3.05) is 0 Å². The average Bonchev–Trinajstić information content (AvgIpc) is 3.03. The van der Waals surface area contributed by atoms with Crippen LogP contribution < -0.4 is 11.1 Å². The summed E-state index contributed by atoms with van der Waals surface area (Å²) in [6.45, 7) is 3.97. The zero-order valence-corrected chi connectivity index (χ0v) is 11.9. The molecule has 0 aliphatic heterocycles. The summed E-state index contributed by atoms with van der Waals surface area (Å²) in [4.78, 5) is 0. The number of hydrogen-bond donors (Lipinski definition) is 2. The molecule has 1 aromatic heterocycles. The number of hydrogen-bond acceptors (Lipinski definition) is 3. The molecule has 0 fully saturated rings. The first-order chi connectivity index (χ1) is 9.78. The highest BCUT2D eigenvalue weighted by Crippen LogP contribution is 2.29. The second kappa shape index (κ2) is 5.77. The fraction of sp³-hybridized carbons (Fsp3) is 0.438. The number of aromatic nitrogens is 2. The van der Waals surface area contributed by atoms with E-state index >= 15 is 0 Å². The average molecular weight is 270 g/mol. The number of nitrogens with zero attached hydrogens (tertiary/aromatic N) is 2. The molecule has 106 valence electrons. The van der Waals surface area contributed by atoms with E-state index in [-0.39, 0.29) is 6.04 Å². The first-order valence-corrected chi connectivity index (χ1v) is 7.36. The summed E-state index contributed by atoms with van der Waals surface area (Å²) in [5, 5.41) is 7.93. The summed E-state index contributed by atoms with van der Waals surface area (Å²) >= 11 is 0. The molecule has 0 saturated heterocycles. The van der Waals surface area contributed by atoms with E-state index in [1.807, 2.05) is 10.9 Å². The maximum absolute atomic E-state index is 6.32. The van der Waals surface area contributed by atoms with Crippen molar-refractivity contribution in [1.29, 1.82) is 0 Å². The summed E-state index contributed by atoms with van der Waals surface area (Å²) in [5.41, 5.74) is 10.2. The Hall–Kier alpha value is -1.65. The molecule has 1 aliphatic carbocycles. The minimum Gasteiger partial charge on any atom is -0.323 e. The summed E-state index contributed by atoms with van der Waals surface area (Å²) in [5.74, 6) is 0. The van der Waals surface area contributed by atoms with E-state index in [0.29, 0.717) is 6.04 Å². The SMILES string of the molecule is CCCn1cc(CN[C@@H]2Cc3ccccc3[C@H]2N)cn1. The molecule has 0 spiro atoms. The van der Waals surface area contributed by atoms with Gasteiger partial charge in [-0.25, -0.2) is 0 Å². The lowest BCUT2D eigenvalue weighted by Crippen LogP contribution is -2.36. The second-order valence-electron chi connectivity index (χ2n) is 5.53. The monoisotopic (exact) mass is 270 g/mol. The van der Waals surface area contributed by atoms with E-state index in [2.05, 4.69) is 47.8 Å². The Kier molecular flexibility index (Phi) is 3.85. The van der Waals surface area contributed by atoms with Crippen molar-refractivity contribution in [2.45, 2.75) is 44.9 Å². The van der Waals surface area contributed by atoms with E-state index in [1.54, 1.807) is 0 Å². The Labute approximate surface area is 120 Å². The number of rotatable bonds is 5. The molecule has 0 radical (unpaired) electrons. The maximum atomic E-state index is 6.32. The van der Waals surface area contributed by atoms with Crippen LogP contribution in [-0.2, 0) is 19.5 Å². The van der Waals surface area contributed by atoms with Gasteiger partial charge in [-0.15, -0.1) is 0 Å². The highest BCUT2D eigenvalue weighted by atomic mass is 15.3. The third-order valence-electron chi connectivity index (χ3n) is 4.00. The molecule has 0 bridgehead atoms. The standard InChI is InChI=1S/C16H22N4/c1-2-7-20-11-12(10-19-20)9-18-15-8-13-5-3-4-6-14(13)16(15)17/h3-6,10-11,15-16,18H,2,7-9,17H2,1H3/t15-,16-/m1/s1. The van der Waals surface area contributed by atoms with Crippen LogP contribution in [0.5, 0.6) is 0 Å². The van der Waals surface area contributed by atoms with Crippen LogP contribution in [0.3, 0.4) is 0 Å². The Morgan fingerprint density at radius 2 is 2.25 bits per heavy atom. The molecule has 0 saturated carbocycles. The lowest BCUT2D eigenvalue weighted by atomic mass is 10.1. The topological polar surface area (TPSA) is 55.9 Å². The van der Waals surface area contributed by atoms with Crippen molar-refractivity contribution in [1.82, 2.24) is 15.1 Å². The molecule has 1 heterocycles. The van der Waals surface area contributed by atoms with Gasteiger partial charge in [0.05, 0.1) is 6.20 Å². The molecule has 4 nitrogen and oxygen atoms in total. The van der Waals surface area contributed by atoms with Crippen LogP contribution in [0, 0.1) is 0 Å². The van der Waals surface area contributed by atoms with Crippen LogP contribution in [0.4, 0.5) is 0 Å². The number of nitrogens with one attached hydrogen (secondary N) is 1. The molecule has 0 amide bonds. The molecule has 1 aliphatic rings. The van der Waals surface area contributed by atoms with Gasteiger partial charge in [-0.2, -0.15) is 5.10 Å². The predicted octanol–water partition coefficient (Wildman–Crippen LogP) is 2.01. The largest absolute Gasteiger partial charge is 0.323 e. The van der Waals surface area contributed by atoms with E-state index in [1.165, 1.54) is 16.7 Å². The van der Waals surface area contributed by atoms with E-state index in [9.17, 15) is 0 Å². The van der Waals surface area contributed by atoms with Gasteiger partial charge in [-0.3, -0.25) is 4.68 Å². The number of nitrogens with two attached hydrogens (primary N) is 1. The van der Waals surface area contributed by atoms with Gasteiger partial charge in [0.1, 0.15) is 0 Å². The molecule has 3 rings (SSSR count). The van der Waals surface area contributed by atoms with Crippen molar-refractivity contribution in [3.63, 3.8) is 0 Å². The molecule has 0 unspecified atom stereocenters. The van der Waals surface area contributed by atoms with Crippen molar-refractivity contribution in [3.8, 4) is 0 Å². The lowest BCUT2D eigenvalue weighted by Gasteiger charge is -2.17. The predicted molar refractivity (Wildman–Crippen MR) is 80.2 cm³/mol. The summed E-state index contributed by atoms with van der Waals surface area (Å²) in [6, 6.07) is 8.88. The third-order valence-corrected chi connectivity index (χ3v) is 4.00. The van der Waals surface area contributed by atoms with Gasteiger partial charge in [0, 0.05) is 36.9 Å². The number of benzene rings is 1. The van der Waals surface area contributed by atoms with Gasteiger partial charge < -0.3 is 11.1 Å². The summed E-state index contributed by atoms with van der Waals surface area (Å²) < 4.78 is 2.00. The first kappa shape index (κ1) is 13.3. The molecular formula is C16H22N4. The van der Waals surface area contributed by atoms with Gasteiger partial charge in [-0.05, 0) is 24.0 Å². The quantitative estimate of drug-likeness (QED) is 0.874. The summed E-state index contributed by atoms with van der Waals surface area (Å²) in [7, 11) is 0. The first-order valence-electron chi connectivity index (χ1n) is 7.36. The Morgan fingerprint density at radius 1 is 1.40 bits per heavy atom. The molecule has 4 heteroatoms. The highest BCUT2D eigenvalue weighted by Gasteiger charge is 2.28. The lowest BCUT2D eigenvalue weighted by molar-refractivity contribution is 0.464. The normalized spacial score (nSPS) is 21.1. The Balaban J connectivity index is 1.59. The van der Waals surface area contributed by atoms with Crippen LogP contribution in [-0.4, -0.2) is 15.8 Å². The van der Waals surface area contributed by atoms with E-state index in [4.69, 9.17) is 5.73 Å². The molecular weight excluding hydrogens is 248 g/mol. The van der Waals surface area contributed by atoms with E-state index in [0.717, 1.165) is 25.9 Å². The van der Waals surface area contributed by atoms with Crippen LogP contribution in [0.15, 0.2) is 36.7 Å². The fourth-order valence-corrected chi connectivity index (χ4v) is 2.92. The zero-order chi connectivity index (χ0) is 13.9. The van der Waals surface area contributed by atoms with E-state index < -0.39 is 0 Å².